The molecule has 0 saturated heterocycles. The standard InChI is InChI=1S/C12H12F3NO4/c1-3-4-5-20-12(17)7-10(15)8(13)6(2)9(14)11(7)16(18)19/h3-5H2,1-2H3. The minimum Gasteiger partial charge on any atom is -0.462 e. The Balaban J connectivity index is 3.37. The van der Waals surface area contributed by atoms with Crippen molar-refractivity contribution in [3.05, 3.63) is 38.7 Å². The molecule has 0 aliphatic carbocycles. The van der Waals surface area contributed by atoms with Crippen molar-refractivity contribution >= 4 is 11.7 Å². The third-order valence-corrected chi connectivity index (χ3v) is 2.63. The first-order valence-corrected chi connectivity index (χ1v) is 5.81. The normalized spacial score (nSPS) is 10.4. The molecule has 0 bridgehead atoms. The maximum absolute atomic E-state index is 13.7. The number of hydrogen-bond donors (Lipinski definition) is 0. The molecule has 0 aliphatic rings. The number of halogens is 3. The number of esters is 1. The molecular formula is C12H12F3NO4. The van der Waals surface area contributed by atoms with E-state index in [4.69, 9.17) is 0 Å². The SMILES string of the molecule is CCCCOC(=O)c1c(F)c(F)c(C)c(F)c1[N+](=O)[O-]. The van der Waals surface area contributed by atoms with E-state index in [9.17, 15) is 28.1 Å². The third kappa shape index (κ3) is 2.89. The molecular weight excluding hydrogens is 279 g/mol. The number of benzene rings is 1. The number of carbonyl (C=O) groups is 1. The van der Waals surface area contributed by atoms with Gasteiger partial charge in [-0.2, -0.15) is 4.39 Å². The highest BCUT2D eigenvalue weighted by molar-refractivity contribution is 5.94. The third-order valence-electron chi connectivity index (χ3n) is 2.63. The van der Waals surface area contributed by atoms with Crippen LogP contribution in [0.15, 0.2) is 0 Å². The Morgan fingerprint density at radius 1 is 1.25 bits per heavy atom. The van der Waals surface area contributed by atoms with Gasteiger partial charge < -0.3 is 4.74 Å². The van der Waals surface area contributed by atoms with Crippen LogP contribution in [0.4, 0.5) is 18.9 Å². The quantitative estimate of drug-likeness (QED) is 0.274. The maximum atomic E-state index is 13.7. The molecule has 0 saturated carbocycles. The Morgan fingerprint density at radius 2 is 1.85 bits per heavy atom. The van der Waals surface area contributed by atoms with Crippen LogP contribution < -0.4 is 0 Å². The smallest absolute Gasteiger partial charge is 0.348 e. The van der Waals surface area contributed by atoms with E-state index in [1.165, 1.54) is 0 Å². The first-order chi connectivity index (χ1) is 9.32. The molecule has 20 heavy (non-hydrogen) atoms. The largest absolute Gasteiger partial charge is 0.462 e. The van der Waals surface area contributed by atoms with Gasteiger partial charge in [-0.05, 0) is 13.3 Å². The predicted octanol–water partition coefficient (Wildman–Crippen LogP) is 3.28. The average molecular weight is 291 g/mol. The summed E-state index contributed by atoms with van der Waals surface area (Å²) in [4.78, 5) is 21.1. The Labute approximate surface area is 112 Å². The van der Waals surface area contributed by atoms with Crippen LogP contribution in [0, 0.1) is 34.5 Å². The van der Waals surface area contributed by atoms with Gasteiger partial charge in [-0.15, -0.1) is 0 Å². The first kappa shape index (κ1) is 15.9. The Kier molecular flexibility index (Phi) is 5.06. The molecule has 110 valence electrons. The van der Waals surface area contributed by atoms with E-state index in [0.29, 0.717) is 12.8 Å². The van der Waals surface area contributed by atoms with Crippen molar-refractivity contribution in [3.8, 4) is 0 Å². The van der Waals surface area contributed by atoms with Crippen LogP contribution in [-0.4, -0.2) is 17.5 Å². The highest BCUT2D eigenvalue weighted by Crippen LogP contribution is 2.31. The van der Waals surface area contributed by atoms with Crippen molar-refractivity contribution in [3.63, 3.8) is 0 Å². The lowest BCUT2D eigenvalue weighted by Crippen LogP contribution is -2.15. The zero-order chi connectivity index (χ0) is 15.4. The van der Waals surface area contributed by atoms with E-state index in [2.05, 4.69) is 4.74 Å². The lowest BCUT2D eigenvalue weighted by Gasteiger charge is -2.09. The molecule has 0 atom stereocenters. The van der Waals surface area contributed by atoms with Crippen molar-refractivity contribution < 1.29 is 27.6 Å². The summed E-state index contributed by atoms with van der Waals surface area (Å²) >= 11 is 0. The van der Waals surface area contributed by atoms with E-state index < -0.39 is 45.2 Å². The summed E-state index contributed by atoms with van der Waals surface area (Å²) in [6.45, 7) is 2.51. The number of nitrogens with zero attached hydrogens (tertiary/aromatic N) is 1. The molecule has 0 aliphatic heterocycles. The Bertz CT molecular complexity index is 560. The molecule has 0 unspecified atom stereocenters. The fraction of sp³-hybridized carbons (Fsp3) is 0.417. The van der Waals surface area contributed by atoms with Crippen LogP contribution in [0.2, 0.25) is 0 Å². The van der Waals surface area contributed by atoms with Crippen molar-refractivity contribution in [2.75, 3.05) is 6.61 Å². The van der Waals surface area contributed by atoms with Gasteiger partial charge >= 0.3 is 11.7 Å². The fourth-order valence-corrected chi connectivity index (χ4v) is 1.50. The van der Waals surface area contributed by atoms with Crippen LogP contribution in [0.3, 0.4) is 0 Å². The lowest BCUT2D eigenvalue weighted by atomic mass is 10.1. The van der Waals surface area contributed by atoms with E-state index in [-0.39, 0.29) is 6.61 Å². The van der Waals surface area contributed by atoms with Gasteiger partial charge in [-0.25, -0.2) is 13.6 Å². The fourth-order valence-electron chi connectivity index (χ4n) is 1.50. The number of unbranched alkanes of at least 4 members (excludes halogenated alkanes) is 1. The van der Waals surface area contributed by atoms with Crippen LogP contribution >= 0.6 is 0 Å². The summed E-state index contributed by atoms with van der Waals surface area (Å²) in [5.74, 6) is -6.47. The van der Waals surface area contributed by atoms with Crippen LogP contribution in [0.25, 0.3) is 0 Å². The topological polar surface area (TPSA) is 69.4 Å². The summed E-state index contributed by atoms with van der Waals surface area (Å²) in [5, 5.41) is 10.8. The van der Waals surface area contributed by atoms with E-state index in [0.717, 1.165) is 6.92 Å². The van der Waals surface area contributed by atoms with Crippen molar-refractivity contribution in [2.24, 2.45) is 0 Å². The van der Waals surface area contributed by atoms with Gasteiger partial charge in [0, 0.05) is 5.56 Å². The maximum Gasteiger partial charge on any atom is 0.348 e. The number of nitro benzene ring substituents is 1. The molecule has 0 heterocycles. The van der Waals surface area contributed by atoms with Gasteiger partial charge in [0.15, 0.2) is 17.2 Å². The second kappa shape index (κ2) is 6.36. The molecule has 1 aromatic carbocycles. The zero-order valence-electron chi connectivity index (χ0n) is 10.8. The van der Waals surface area contributed by atoms with Crippen LogP contribution in [0.1, 0.15) is 35.7 Å². The molecule has 1 aromatic rings. The monoisotopic (exact) mass is 291 g/mol. The molecule has 0 spiro atoms. The van der Waals surface area contributed by atoms with E-state index >= 15 is 0 Å². The number of carbonyl (C=O) groups excluding carboxylic acids is 1. The highest BCUT2D eigenvalue weighted by Gasteiger charge is 2.35. The van der Waals surface area contributed by atoms with Crippen LogP contribution in [-0.2, 0) is 4.74 Å². The van der Waals surface area contributed by atoms with Gasteiger partial charge in [0.1, 0.15) is 0 Å². The second-order valence-corrected chi connectivity index (χ2v) is 4.04. The summed E-state index contributed by atoms with van der Waals surface area (Å²) in [7, 11) is 0. The van der Waals surface area contributed by atoms with Crippen molar-refractivity contribution in [1.29, 1.82) is 0 Å². The molecule has 0 amide bonds. The average Bonchev–Trinajstić information content (AvgIpc) is 2.39. The van der Waals surface area contributed by atoms with Gasteiger partial charge in [0.25, 0.3) is 0 Å². The Hall–Kier alpha value is -2.12. The summed E-state index contributed by atoms with van der Waals surface area (Å²) in [6, 6.07) is 0. The first-order valence-electron chi connectivity index (χ1n) is 5.81. The van der Waals surface area contributed by atoms with E-state index in [1.807, 2.05) is 0 Å². The predicted molar refractivity (Wildman–Crippen MR) is 62.9 cm³/mol. The summed E-state index contributed by atoms with van der Waals surface area (Å²) < 4.78 is 45.3. The van der Waals surface area contributed by atoms with Crippen molar-refractivity contribution in [1.82, 2.24) is 0 Å². The molecule has 0 aromatic heterocycles. The molecule has 0 N–H and O–H groups in total. The van der Waals surface area contributed by atoms with Gasteiger partial charge in [0.05, 0.1) is 11.5 Å². The summed E-state index contributed by atoms with van der Waals surface area (Å²) in [6.07, 6.45) is 1.10. The minimum absolute atomic E-state index is 0.122. The number of hydrogen-bond acceptors (Lipinski definition) is 4. The van der Waals surface area contributed by atoms with Crippen molar-refractivity contribution in [2.45, 2.75) is 26.7 Å². The van der Waals surface area contributed by atoms with Gasteiger partial charge in [0.2, 0.25) is 5.82 Å². The number of nitro groups is 1. The molecule has 8 heteroatoms. The number of ether oxygens (including phenoxy) is 1. The van der Waals surface area contributed by atoms with Gasteiger partial charge in [-0.3, -0.25) is 10.1 Å². The zero-order valence-corrected chi connectivity index (χ0v) is 10.8. The molecule has 1 rings (SSSR count). The molecule has 0 radical (unpaired) electrons. The minimum atomic E-state index is -1.78. The summed E-state index contributed by atoms with van der Waals surface area (Å²) in [5.41, 5.74) is -3.60. The molecule has 5 nitrogen and oxygen atoms in total. The van der Waals surface area contributed by atoms with Crippen LogP contribution in [0.5, 0.6) is 0 Å². The molecule has 0 fully saturated rings. The number of rotatable bonds is 5. The lowest BCUT2D eigenvalue weighted by molar-refractivity contribution is -0.388. The Morgan fingerprint density at radius 3 is 2.35 bits per heavy atom. The van der Waals surface area contributed by atoms with E-state index in [1.54, 1.807) is 6.92 Å². The second-order valence-electron chi connectivity index (χ2n) is 4.04. The van der Waals surface area contributed by atoms with Gasteiger partial charge in [-0.1, -0.05) is 13.3 Å². The highest BCUT2D eigenvalue weighted by atomic mass is 19.2.